The molecule has 0 aliphatic rings. The monoisotopic (exact) mass is 285 g/mol. The lowest BCUT2D eigenvalue weighted by Crippen LogP contribution is -2.15. The van der Waals surface area contributed by atoms with Gasteiger partial charge < -0.3 is 14.8 Å². The topological polar surface area (TPSA) is 30.5 Å². The van der Waals surface area contributed by atoms with Crippen LogP contribution < -0.4 is 14.8 Å². The van der Waals surface area contributed by atoms with Gasteiger partial charge in [-0.05, 0) is 18.2 Å². The van der Waals surface area contributed by atoms with Gasteiger partial charge >= 0.3 is 0 Å². The molecule has 1 rings (SSSR count). The fourth-order valence-electron chi connectivity index (χ4n) is 1.35. The van der Waals surface area contributed by atoms with E-state index < -0.39 is 0 Å². The maximum atomic E-state index is 5.27. The number of ether oxygens (including phenoxy) is 2. The Morgan fingerprint density at radius 2 is 2.12 bits per heavy atom. The van der Waals surface area contributed by atoms with Crippen LogP contribution in [0.1, 0.15) is 5.56 Å². The normalized spacial score (nSPS) is 9.94. The molecule has 0 atom stereocenters. The fourth-order valence-corrected chi connectivity index (χ4v) is 1.55. The summed E-state index contributed by atoms with van der Waals surface area (Å²) in [5.41, 5.74) is 1.07. The van der Waals surface area contributed by atoms with Crippen LogP contribution in [0, 0.1) is 0 Å². The molecule has 0 fully saturated rings. The zero-order chi connectivity index (χ0) is 12.0. The standard InChI is InChI=1S/C12H16BrNO2/c1-9(13)7-14-8-10-6-11(15-2)4-5-12(10)16-3/h4-6,14H,1,7-8H2,2-3H3. The summed E-state index contributed by atoms with van der Waals surface area (Å²) >= 11 is 3.30. The van der Waals surface area contributed by atoms with E-state index in [1.54, 1.807) is 14.2 Å². The summed E-state index contributed by atoms with van der Waals surface area (Å²) in [7, 11) is 3.31. The highest BCUT2D eigenvalue weighted by Crippen LogP contribution is 2.23. The Bertz CT molecular complexity index is 366. The summed E-state index contributed by atoms with van der Waals surface area (Å²) in [5, 5.41) is 3.25. The molecule has 4 heteroatoms. The van der Waals surface area contributed by atoms with E-state index in [9.17, 15) is 0 Å². The summed E-state index contributed by atoms with van der Waals surface area (Å²) in [6.07, 6.45) is 0. The van der Waals surface area contributed by atoms with E-state index in [-0.39, 0.29) is 0 Å². The van der Waals surface area contributed by atoms with Crippen molar-refractivity contribution in [2.45, 2.75) is 6.54 Å². The Morgan fingerprint density at radius 3 is 2.69 bits per heavy atom. The van der Waals surface area contributed by atoms with Crippen molar-refractivity contribution in [3.05, 3.63) is 34.8 Å². The molecular weight excluding hydrogens is 270 g/mol. The largest absolute Gasteiger partial charge is 0.497 e. The van der Waals surface area contributed by atoms with Crippen molar-refractivity contribution in [2.75, 3.05) is 20.8 Å². The third kappa shape index (κ3) is 3.87. The van der Waals surface area contributed by atoms with Crippen molar-refractivity contribution in [2.24, 2.45) is 0 Å². The third-order valence-corrected chi connectivity index (χ3v) is 2.40. The molecule has 0 aromatic heterocycles. The average Bonchev–Trinajstić information content (AvgIpc) is 2.28. The Labute approximate surface area is 105 Å². The lowest BCUT2D eigenvalue weighted by molar-refractivity contribution is 0.397. The van der Waals surface area contributed by atoms with Crippen LogP contribution in [-0.2, 0) is 6.54 Å². The minimum Gasteiger partial charge on any atom is -0.497 e. The minimum absolute atomic E-state index is 0.713. The fraction of sp³-hybridized carbons (Fsp3) is 0.333. The number of rotatable bonds is 6. The molecule has 0 unspecified atom stereocenters. The second kappa shape index (κ2) is 6.55. The van der Waals surface area contributed by atoms with Crippen molar-refractivity contribution < 1.29 is 9.47 Å². The number of nitrogens with one attached hydrogen (secondary N) is 1. The van der Waals surface area contributed by atoms with Crippen LogP contribution in [0.5, 0.6) is 11.5 Å². The van der Waals surface area contributed by atoms with Gasteiger partial charge in [-0.25, -0.2) is 0 Å². The van der Waals surface area contributed by atoms with E-state index in [1.165, 1.54) is 0 Å². The van der Waals surface area contributed by atoms with Gasteiger partial charge in [0.2, 0.25) is 0 Å². The SMILES string of the molecule is C=C(Br)CNCc1cc(OC)ccc1OC. The summed E-state index contributed by atoms with van der Waals surface area (Å²) in [5.74, 6) is 1.68. The first-order valence-electron chi connectivity index (χ1n) is 4.92. The first-order chi connectivity index (χ1) is 7.67. The number of methoxy groups -OCH3 is 2. The molecule has 0 saturated heterocycles. The molecule has 0 heterocycles. The first-order valence-corrected chi connectivity index (χ1v) is 5.71. The van der Waals surface area contributed by atoms with E-state index in [2.05, 4.69) is 27.8 Å². The average molecular weight is 286 g/mol. The molecule has 3 nitrogen and oxygen atoms in total. The molecular formula is C12H16BrNO2. The van der Waals surface area contributed by atoms with Gasteiger partial charge in [-0.3, -0.25) is 0 Å². The second-order valence-electron chi connectivity index (χ2n) is 3.30. The van der Waals surface area contributed by atoms with Crippen molar-refractivity contribution in [3.8, 4) is 11.5 Å². The molecule has 1 N–H and O–H groups in total. The minimum atomic E-state index is 0.713. The zero-order valence-electron chi connectivity index (χ0n) is 9.55. The summed E-state index contributed by atoms with van der Waals surface area (Å²) < 4.78 is 11.4. The number of hydrogen-bond acceptors (Lipinski definition) is 3. The van der Waals surface area contributed by atoms with E-state index in [4.69, 9.17) is 9.47 Å². The second-order valence-corrected chi connectivity index (χ2v) is 4.42. The molecule has 0 saturated carbocycles. The molecule has 16 heavy (non-hydrogen) atoms. The lowest BCUT2D eigenvalue weighted by atomic mass is 10.2. The molecule has 88 valence electrons. The van der Waals surface area contributed by atoms with Crippen molar-refractivity contribution in [3.63, 3.8) is 0 Å². The Morgan fingerprint density at radius 1 is 1.38 bits per heavy atom. The Kier molecular flexibility index (Phi) is 5.35. The highest BCUT2D eigenvalue weighted by molar-refractivity contribution is 9.11. The van der Waals surface area contributed by atoms with Crippen LogP contribution in [0.3, 0.4) is 0 Å². The van der Waals surface area contributed by atoms with E-state index in [1.807, 2.05) is 18.2 Å². The van der Waals surface area contributed by atoms with Gasteiger partial charge in [0.05, 0.1) is 14.2 Å². The van der Waals surface area contributed by atoms with Crippen LogP contribution in [-0.4, -0.2) is 20.8 Å². The van der Waals surface area contributed by atoms with Gasteiger partial charge in [0.1, 0.15) is 11.5 Å². The van der Waals surface area contributed by atoms with Gasteiger partial charge in [-0.2, -0.15) is 0 Å². The molecule has 0 amide bonds. The van der Waals surface area contributed by atoms with Gasteiger partial charge in [0, 0.05) is 23.1 Å². The van der Waals surface area contributed by atoms with Crippen LogP contribution in [0.15, 0.2) is 29.3 Å². The van der Waals surface area contributed by atoms with Gasteiger partial charge in [-0.15, -0.1) is 0 Å². The molecule has 0 bridgehead atoms. The molecule has 0 radical (unpaired) electrons. The smallest absolute Gasteiger partial charge is 0.123 e. The number of benzene rings is 1. The summed E-state index contributed by atoms with van der Waals surface area (Å²) in [6.45, 7) is 5.20. The zero-order valence-corrected chi connectivity index (χ0v) is 11.1. The van der Waals surface area contributed by atoms with E-state index in [0.29, 0.717) is 6.54 Å². The maximum absolute atomic E-state index is 5.27. The Hall–Kier alpha value is -1.00. The summed E-state index contributed by atoms with van der Waals surface area (Å²) in [4.78, 5) is 0. The van der Waals surface area contributed by atoms with Crippen LogP contribution in [0.2, 0.25) is 0 Å². The summed E-state index contributed by atoms with van der Waals surface area (Å²) in [6, 6.07) is 5.74. The molecule has 0 spiro atoms. The number of halogens is 1. The van der Waals surface area contributed by atoms with Crippen LogP contribution in [0.4, 0.5) is 0 Å². The highest BCUT2D eigenvalue weighted by Gasteiger charge is 2.04. The Balaban J connectivity index is 2.71. The quantitative estimate of drug-likeness (QED) is 0.872. The van der Waals surface area contributed by atoms with Gasteiger partial charge in [-0.1, -0.05) is 22.5 Å². The lowest BCUT2D eigenvalue weighted by Gasteiger charge is -2.11. The first kappa shape index (κ1) is 13.1. The van der Waals surface area contributed by atoms with Crippen molar-refractivity contribution in [1.29, 1.82) is 0 Å². The predicted molar refractivity (Wildman–Crippen MR) is 69.3 cm³/mol. The van der Waals surface area contributed by atoms with Crippen molar-refractivity contribution in [1.82, 2.24) is 5.32 Å². The molecule has 0 aliphatic heterocycles. The van der Waals surface area contributed by atoms with E-state index in [0.717, 1.165) is 28.1 Å². The van der Waals surface area contributed by atoms with E-state index >= 15 is 0 Å². The third-order valence-electron chi connectivity index (χ3n) is 2.12. The van der Waals surface area contributed by atoms with Crippen LogP contribution in [0.25, 0.3) is 0 Å². The van der Waals surface area contributed by atoms with Crippen LogP contribution >= 0.6 is 15.9 Å². The van der Waals surface area contributed by atoms with Gasteiger partial charge in [0.25, 0.3) is 0 Å². The molecule has 0 aliphatic carbocycles. The number of hydrogen-bond donors (Lipinski definition) is 1. The highest BCUT2D eigenvalue weighted by atomic mass is 79.9. The molecule has 1 aromatic rings. The predicted octanol–water partition coefficient (Wildman–Crippen LogP) is 2.70. The molecule has 1 aromatic carbocycles. The van der Waals surface area contributed by atoms with Gasteiger partial charge in [0.15, 0.2) is 0 Å². The maximum Gasteiger partial charge on any atom is 0.123 e. The van der Waals surface area contributed by atoms with Crippen molar-refractivity contribution >= 4 is 15.9 Å².